The second-order valence-electron chi connectivity index (χ2n) is 4.32. The molecular formula is C13H18ClNO. The molecular weight excluding hydrogens is 222 g/mol. The van der Waals surface area contributed by atoms with E-state index in [1.165, 1.54) is 0 Å². The van der Waals surface area contributed by atoms with Crippen molar-refractivity contribution in [1.29, 1.82) is 0 Å². The first-order valence-electron chi connectivity index (χ1n) is 5.50. The van der Waals surface area contributed by atoms with Crippen LogP contribution in [-0.4, -0.2) is 17.9 Å². The Kier molecular flexibility index (Phi) is 4.97. The SMILES string of the molecule is CC(=O)C(Cc1ccc(Cl)cc1)NC(C)C. The Hall–Kier alpha value is -0.860. The van der Waals surface area contributed by atoms with Gasteiger partial charge < -0.3 is 5.32 Å². The zero-order valence-corrected chi connectivity index (χ0v) is 10.7. The molecule has 0 aliphatic carbocycles. The quantitative estimate of drug-likeness (QED) is 0.856. The van der Waals surface area contributed by atoms with Crippen LogP contribution in [0.5, 0.6) is 0 Å². The van der Waals surface area contributed by atoms with Crippen molar-refractivity contribution in [3.05, 3.63) is 34.9 Å². The van der Waals surface area contributed by atoms with Gasteiger partial charge in [-0.25, -0.2) is 0 Å². The third kappa shape index (κ3) is 4.33. The number of carbonyl (C=O) groups is 1. The molecule has 0 fully saturated rings. The van der Waals surface area contributed by atoms with Crippen LogP contribution < -0.4 is 5.32 Å². The second-order valence-corrected chi connectivity index (χ2v) is 4.75. The van der Waals surface area contributed by atoms with Crippen molar-refractivity contribution in [3.8, 4) is 0 Å². The average molecular weight is 240 g/mol. The summed E-state index contributed by atoms with van der Waals surface area (Å²) in [5.41, 5.74) is 1.12. The lowest BCUT2D eigenvalue weighted by molar-refractivity contribution is -0.119. The van der Waals surface area contributed by atoms with Gasteiger partial charge in [0.05, 0.1) is 6.04 Å². The standard InChI is InChI=1S/C13H18ClNO/c1-9(2)15-13(10(3)16)8-11-4-6-12(14)7-5-11/h4-7,9,13,15H,8H2,1-3H3. The highest BCUT2D eigenvalue weighted by Gasteiger charge is 2.15. The first-order chi connectivity index (χ1) is 7.49. The zero-order chi connectivity index (χ0) is 12.1. The highest BCUT2D eigenvalue weighted by Crippen LogP contribution is 2.11. The smallest absolute Gasteiger partial charge is 0.147 e. The molecule has 1 N–H and O–H groups in total. The van der Waals surface area contributed by atoms with E-state index in [1.807, 2.05) is 38.1 Å². The molecule has 1 aromatic carbocycles. The molecule has 0 saturated carbocycles. The number of ketones is 1. The molecule has 1 unspecified atom stereocenters. The Bertz CT molecular complexity index is 345. The molecule has 1 aromatic rings. The van der Waals surface area contributed by atoms with Crippen LogP contribution in [0.3, 0.4) is 0 Å². The van der Waals surface area contributed by atoms with Crippen molar-refractivity contribution in [1.82, 2.24) is 5.32 Å². The van der Waals surface area contributed by atoms with Gasteiger partial charge in [-0.2, -0.15) is 0 Å². The van der Waals surface area contributed by atoms with E-state index in [1.54, 1.807) is 6.92 Å². The topological polar surface area (TPSA) is 29.1 Å². The molecule has 3 heteroatoms. The molecule has 0 aromatic heterocycles. The monoisotopic (exact) mass is 239 g/mol. The molecule has 0 amide bonds. The maximum atomic E-state index is 11.5. The lowest BCUT2D eigenvalue weighted by Gasteiger charge is -2.18. The predicted molar refractivity (Wildman–Crippen MR) is 67.9 cm³/mol. The molecule has 16 heavy (non-hydrogen) atoms. The average Bonchev–Trinajstić information content (AvgIpc) is 2.19. The highest BCUT2D eigenvalue weighted by atomic mass is 35.5. The Morgan fingerprint density at radius 2 is 1.88 bits per heavy atom. The van der Waals surface area contributed by atoms with Gasteiger partial charge in [-0.15, -0.1) is 0 Å². The van der Waals surface area contributed by atoms with Crippen molar-refractivity contribution in [2.45, 2.75) is 39.3 Å². The molecule has 0 saturated heterocycles. The molecule has 1 rings (SSSR count). The molecule has 0 bridgehead atoms. The number of rotatable bonds is 5. The van der Waals surface area contributed by atoms with Gasteiger partial charge in [0.1, 0.15) is 5.78 Å². The summed E-state index contributed by atoms with van der Waals surface area (Å²) in [6, 6.07) is 7.82. The Morgan fingerprint density at radius 3 is 2.31 bits per heavy atom. The van der Waals surface area contributed by atoms with Crippen LogP contribution in [0.2, 0.25) is 5.02 Å². The van der Waals surface area contributed by atoms with Crippen molar-refractivity contribution in [3.63, 3.8) is 0 Å². The van der Waals surface area contributed by atoms with Gasteiger partial charge in [0, 0.05) is 11.1 Å². The van der Waals surface area contributed by atoms with E-state index in [4.69, 9.17) is 11.6 Å². The molecule has 1 atom stereocenters. The normalized spacial score (nSPS) is 12.8. The van der Waals surface area contributed by atoms with E-state index >= 15 is 0 Å². The van der Waals surface area contributed by atoms with Crippen LogP contribution >= 0.6 is 11.6 Å². The van der Waals surface area contributed by atoms with Gasteiger partial charge in [0.2, 0.25) is 0 Å². The number of hydrogen-bond donors (Lipinski definition) is 1. The minimum atomic E-state index is -0.110. The Balaban J connectivity index is 2.68. The fourth-order valence-electron chi connectivity index (χ4n) is 1.58. The number of hydrogen-bond acceptors (Lipinski definition) is 2. The van der Waals surface area contributed by atoms with Gasteiger partial charge >= 0.3 is 0 Å². The van der Waals surface area contributed by atoms with E-state index in [0.717, 1.165) is 10.6 Å². The lowest BCUT2D eigenvalue weighted by Crippen LogP contribution is -2.41. The summed E-state index contributed by atoms with van der Waals surface area (Å²) in [4.78, 5) is 11.5. The van der Waals surface area contributed by atoms with Gasteiger partial charge in [-0.05, 0) is 31.0 Å². The summed E-state index contributed by atoms with van der Waals surface area (Å²) in [5.74, 6) is 0.170. The predicted octanol–water partition coefficient (Wildman–Crippen LogP) is 2.84. The van der Waals surface area contributed by atoms with Crippen molar-refractivity contribution >= 4 is 17.4 Å². The number of nitrogens with one attached hydrogen (secondary N) is 1. The second kappa shape index (κ2) is 6.02. The molecule has 2 nitrogen and oxygen atoms in total. The zero-order valence-electron chi connectivity index (χ0n) is 9.96. The van der Waals surface area contributed by atoms with Crippen molar-refractivity contribution in [2.75, 3.05) is 0 Å². The van der Waals surface area contributed by atoms with E-state index in [2.05, 4.69) is 5.32 Å². The summed E-state index contributed by atoms with van der Waals surface area (Å²) < 4.78 is 0. The Labute approximate surface area is 102 Å². The molecule has 0 heterocycles. The maximum absolute atomic E-state index is 11.5. The van der Waals surface area contributed by atoms with Crippen LogP contribution in [0.4, 0.5) is 0 Å². The van der Waals surface area contributed by atoms with Gasteiger partial charge in [-0.1, -0.05) is 37.6 Å². The molecule has 0 aliphatic heterocycles. The van der Waals surface area contributed by atoms with Gasteiger partial charge in [0.25, 0.3) is 0 Å². The Morgan fingerprint density at radius 1 is 1.31 bits per heavy atom. The van der Waals surface area contributed by atoms with E-state index in [0.29, 0.717) is 12.5 Å². The van der Waals surface area contributed by atoms with E-state index < -0.39 is 0 Å². The number of benzene rings is 1. The van der Waals surface area contributed by atoms with Crippen LogP contribution in [-0.2, 0) is 11.2 Å². The fraction of sp³-hybridized carbons (Fsp3) is 0.462. The van der Waals surface area contributed by atoms with Crippen LogP contribution in [0, 0.1) is 0 Å². The largest absolute Gasteiger partial charge is 0.305 e. The third-order valence-electron chi connectivity index (χ3n) is 2.38. The molecule has 0 spiro atoms. The highest BCUT2D eigenvalue weighted by molar-refractivity contribution is 6.30. The lowest BCUT2D eigenvalue weighted by atomic mass is 10.0. The first kappa shape index (κ1) is 13.2. The summed E-state index contributed by atoms with van der Waals surface area (Å²) in [5, 5.41) is 3.98. The minimum Gasteiger partial charge on any atom is -0.305 e. The van der Waals surface area contributed by atoms with Crippen molar-refractivity contribution in [2.24, 2.45) is 0 Å². The number of Topliss-reactive ketones (excluding diaryl/α,β-unsaturated/α-hetero) is 1. The van der Waals surface area contributed by atoms with Gasteiger partial charge in [0.15, 0.2) is 0 Å². The summed E-state index contributed by atoms with van der Waals surface area (Å²) >= 11 is 5.81. The summed E-state index contributed by atoms with van der Waals surface area (Å²) in [6.45, 7) is 5.70. The third-order valence-corrected chi connectivity index (χ3v) is 2.63. The van der Waals surface area contributed by atoms with E-state index in [9.17, 15) is 4.79 Å². The van der Waals surface area contributed by atoms with E-state index in [-0.39, 0.29) is 11.8 Å². The maximum Gasteiger partial charge on any atom is 0.147 e. The first-order valence-corrected chi connectivity index (χ1v) is 5.87. The number of halogens is 1. The molecule has 88 valence electrons. The molecule has 0 aliphatic rings. The molecule has 0 radical (unpaired) electrons. The number of carbonyl (C=O) groups excluding carboxylic acids is 1. The fourth-order valence-corrected chi connectivity index (χ4v) is 1.70. The van der Waals surface area contributed by atoms with Crippen LogP contribution in [0.25, 0.3) is 0 Å². The summed E-state index contributed by atoms with van der Waals surface area (Å²) in [6.07, 6.45) is 0.713. The van der Waals surface area contributed by atoms with Crippen LogP contribution in [0.1, 0.15) is 26.3 Å². The summed E-state index contributed by atoms with van der Waals surface area (Å²) in [7, 11) is 0. The minimum absolute atomic E-state index is 0.110. The van der Waals surface area contributed by atoms with Crippen LogP contribution in [0.15, 0.2) is 24.3 Å². The van der Waals surface area contributed by atoms with Crippen molar-refractivity contribution < 1.29 is 4.79 Å². The van der Waals surface area contributed by atoms with Gasteiger partial charge in [-0.3, -0.25) is 4.79 Å².